The molecule has 0 atom stereocenters. The summed E-state index contributed by atoms with van der Waals surface area (Å²) in [6.07, 6.45) is 2.98. The van der Waals surface area contributed by atoms with Gasteiger partial charge in [0.1, 0.15) is 5.82 Å². The monoisotopic (exact) mass is 252 g/mol. The van der Waals surface area contributed by atoms with Gasteiger partial charge in [-0.25, -0.2) is 4.98 Å². The van der Waals surface area contributed by atoms with Crippen LogP contribution >= 0.6 is 0 Å². The van der Waals surface area contributed by atoms with Crippen molar-refractivity contribution in [1.82, 2.24) is 14.8 Å². The second kappa shape index (κ2) is 4.53. The molecule has 94 valence electrons. The minimum atomic E-state index is -0.0778. The molecule has 0 saturated heterocycles. The largest absolute Gasteiger partial charge is 0.383 e. The first-order chi connectivity index (χ1) is 9.25. The molecule has 5 nitrogen and oxygen atoms in total. The maximum Gasteiger partial charge on any atom is 0.207 e. The fraction of sp³-hybridized carbons (Fsp3) is 0.0714. The second-order valence-electron chi connectivity index (χ2n) is 4.23. The average Bonchev–Trinajstić information content (AvgIpc) is 2.44. The lowest BCUT2D eigenvalue weighted by atomic mass is 10.2. The number of hydrogen-bond acceptors (Lipinski definition) is 4. The summed E-state index contributed by atoms with van der Waals surface area (Å²) >= 11 is 0. The molecule has 3 aromatic rings. The molecule has 0 amide bonds. The lowest BCUT2D eigenvalue weighted by molar-refractivity contribution is 0.694. The van der Waals surface area contributed by atoms with Crippen LogP contribution in [0.5, 0.6) is 0 Å². The van der Waals surface area contributed by atoms with Crippen molar-refractivity contribution in [2.45, 2.75) is 6.54 Å². The summed E-state index contributed by atoms with van der Waals surface area (Å²) in [6, 6.07) is 11.1. The maximum absolute atomic E-state index is 11.7. The molecule has 0 aliphatic rings. The normalized spacial score (nSPS) is 10.7. The van der Waals surface area contributed by atoms with E-state index in [0.717, 1.165) is 11.1 Å². The van der Waals surface area contributed by atoms with Crippen LogP contribution in [0.4, 0.5) is 5.82 Å². The van der Waals surface area contributed by atoms with Gasteiger partial charge in [-0.3, -0.25) is 9.48 Å². The molecule has 19 heavy (non-hydrogen) atoms. The van der Waals surface area contributed by atoms with Gasteiger partial charge in [-0.05, 0) is 18.2 Å². The van der Waals surface area contributed by atoms with Crippen molar-refractivity contribution in [2.75, 3.05) is 5.73 Å². The zero-order valence-electron chi connectivity index (χ0n) is 10.2. The number of aromatic nitrogens is 3. The van der Waals surface area contributed by atoms with Crippen molar-refractivity contribution in [3.8, 4) is 0 Å². The number of nitrogen functional groups attached to an aromatic ring is 1. The average molecular weight is 252 g/mol. The zero-order chi connectivity index (χ0) is 13.2. The lowest BCUT2D eigenvalue weighted by Gasteiger charge is -2.10. The van der Waals surface area contributed by atoms with Crippen LogP contribution < -0.4 is 11.2 Å². The number of pyridine rings is 1. The fourth-order valence-electron chi connectivity index (χ4n) is 2.03. The van der Waals surface area contributed by atoms with E-state index in [-0.39, 0.29) is 5.43 Å². The third-order valence-electron chi connectivity index (χ3n) is 3.01. The smallest absolute Gasteiger partial charge is 0.207 e. The summed E-state index contributed by atoms with van der Waals surface area (Å²) in [4.78, 5) is 15.8. The van der Waals surface area contributed by atoms with Gasteiger partial charge >= 0.3 is 0 Å². The van der Waals surface area contributed by atoms with Gasteiger partial charge in [0.15, 0.2) is 0 Å². The highest BCUT2D eigenvalue weighted by Gasteiger charge is 2.06. The highest BCUT2D eigenvalue weighted by molar-refractivity contribution is 5.78. The van der Waals surface area contributed by atoms with Gasteiger partial charge in [-0.15, -0.1) is 0 Å². The van der Waals surface area contributed by atoms with E-state index >= 15 is 0 Å². The first kappa shape index (κ1) is 11.4. The van der Waals surface area contributed by atoms with Crippen LogP contribution in [0.1, 0.15) is 5.56 Å². The van der Waals surface area contributed by atoms with E-state index < -0.39 is 0 Å². The van der Waals surface area contributed by atoms with Gasteiger partial charge in [-0.1, -0.05) is 18.2 Å². The minimum Gasteiger partial charge on any atom is -0.383 e. The van der Waals surface area contributed by atoms with Crippen LogP contribution in [0.15, 0.2) is 53.6 Å². The third kappa shape index (κ3) is 2.06. The van der Waals surface area contributed by atoms with Crippen LogP contribution in [0.25, 0.3) is 10.9 Å². The van der Waals surface area contributed by atoms with Crippen LogP contribution in [0, 0.1) is 0 Å². The molecule has 3 rings (SSSR count). The number of benzene rings is 1. The molecule has 1 aromatic carbocycles. The van der Waals surface area contributed by atoms with Crippen molar-refractivity contribution >= 4 is 16.7 Å². The van der Waals surface area contributed by atoms with Gasteiger partial charge in [-0.2, -0.15) is 5.10 Å². The lowest BCUT2D eigenvalue weighted by Crippen LogP contribution is -2.13. The molecule has 0 aliphatic carbocycles. The third-order valence-corrected chi connectivity index (χ3v) is 3.01. The Balaban J connectivity index is 2.14. The fourth-order valence-corrected chi connectivity index (χ4v) is 2.03. The molecule has 0 saturated carbocycles. The molecule has 2 N–H and O–H groups in total. The Morgan fingerprint density at radius 1 is 1.16 bits per heavy atom. The van der Waals surface area contributed by atoms with Crippen molar-refractivity contribution in [3.05, 3.63) is 64.6 Å². The summed E-state index contributed by atoms with van der Waals surface area (Å²) in [6.45, 7) is 0.487. The number of para-hydroxylation sites is 1. The van der Waals surface area contributed by atoms with E-state index in [1.807, 2.05) is 30.3 Å². The summed E-state index contributed by atoms with van der Waals surface area (Å²) in [5.74, 6) is 0.479. The Bertz CT molecular complexity index is 795. The molecular weight excluding hydrogens is 240 g/mol. The predicted molar refractivity (Wildman–Crippen MR) is 73.8 cm³/mol. The SMILES string of the molecule is Nc1ncccc1Cn1ncc(=O)c2ccccc21. The Morgan fingerprint density at radius 3 is 2.84 bits per heavy atom. The van der Waals surface area contributed by atoms with E-state index in [0.29, 0.717) is 17.7 Å². The van der Waals surface area contributed by atoms with Gasteiger partial charge in [0.2, 0.25) is 5.43 Å². The topological polar surface area (TPSA) is 73.8 Å². The van der Waals surface area contributed by atoms with Crippen LogP contribution in [0.2, 0.25) is 0 Å². The minimum absolute atomic E-state index is 0.0778. The summed E-state index contributed by atoms with van der Waals surface area (Å²) in [5, 5.41) is 4.82. The van der Waals surface area contributed by atoms with Crippen molar-refractivity contribution in [3.63, 3.8) is 0 Å². The number of nitrogens with two attached hydrogens (primary N) is 1. The second-order valence-corrected chi connectivity index (χ2v) is 4.23. The molecule has 2 heterocycles. The first-order valence-electron chi connectivity index (χ1n) is 5.90. The highest BCUT2D eigenvalue weighted by atomic mass is 16.1. The molecule has 5 heteroatoms. The standard InChI is InChI=1S/C14H12N4O/c15-14-10(4-3-7-16-14)9-18-12-6-2-1-5-11(12)13(19)8-17-18/h1-8H,9H2,(H2,15,16). The number of nitrogens with zero attached hydrogens (tertiary/aromatic N) is 3. The Morgan fingerprint density at radius 2 is 2.00 bits per heavy atom. The Labute approximate surface area is 109 Å². The van der Waals surface area contributed by atoms with E-state index in [1.54, 1.807) is 16.9 Å². The number of fused-ring (bicyclic) bond motifs is 1. The predicted octanol–water partition coefficient (Wildman–Crippen LogP) is 1.42. The molecule has 0 radical (unpaired) electrons. The van der Waals surface area contributed by atoms with Crippen LogP contribution in [-0.2, 0) is 6.54 Å². The molecule has 0 aliphatic heterocycles. The van der Waals surface area contributed by atoms with Crippen LogP contribution in [-0.4, -0.2) is 14.8 Å². The van der Waals surface area contributed by atoms with Crippen molar-refractivity contribution in [1.29, 1.82) is 0 Å². The first-order valence-corrected chi connectivity index (χ1v) is 5.90. The summed E-state index contributed by atoms with van der Waals surface area (Å²) in [5.41, 5.74) is 7.42. The summed E-state index contributed by atoms with van der Waals surface area (Å²) in [7, 11) is 0. The molecule has 0 bridgehead atoms. The van der Waals surface area contributed by atoms with E-state index in [4.69, 9.17) is 5.73 Å². The molecule has 0 fully saturated rings. The Hall–Kier alpha value is -2.69. The number of anilines is 1. The highest BCUT2D eigenvalue weighted by Crippen LogP contribution is 2.13. The van der Waals surface area contributed by atoms with Gasteiger partial charge in [0.05, 0.1) is 18.3 Å². The van der Waals surface area contributed by atoms with E-state index in [9.17, 15) is 4.79 Å². The maximum atomic E-state index is 11.7. The molecule has 0 spiro atoms. The van der Waals surface area contributed by atoms with E-state index in [1.165, 1.54) is 6.20 Å². The zero-order valence-corrected chi connectivity index (χ0v) is 10.2. The van der Waals surface area contributed by atoms with E-state index in [2.05, 4.69) is 10.1 Å². The number of hydrogen-bond donors (Lipinski definition) is 1. The van der Waals surface area contributed by atoms with Crippen molar-refractivity contribution in [2.24, 2.45) is 0 Å². The van der Waals surface area contributed by atoms with Gasteiger partial charge in [0, 0.05) is 17.1 Å². The number of rotatable bonds is 2. The quantitative estimate of drug-likeness (QED) is 0.748. The molecular formula is C14H12N4O. The van der Waals surface area contributed by atoms with Gasteiger partial charge in [0.25, 0.3) is 0 Å². The van der Waals surface area contributed by atoms with Crippen LogP contribution in [0.3, 0.4) is 0 Å². The Kier molecular flexibility index (Phi) is 2.72. The molecule has 0 unspecified atom stereocenters. The van der Waals surface area contributed by atoms with Crippen molar-refractivity contribution < 1.29 is 0 Å². The molecule has 2 aromatic heterocycles. The van der Waals surface area contributed by atoms with Gasteiger partial charge < -0.3 is 5.73 Å². The summed E-state index contributed by atoms with van der Waals surface area (Å²) < 4.78 is 1.75.